The predicted octanol–water partition coefficient (Wildman–Crippen LogP) is 4.10. The van der Waals surface area contributed by atoms with Crippen LogP contribution in [0.5, 0.6) is 0 Å². The Morgan fingerprint density at radius 1 is 0.923 bits per heavy atom. The molecule has 0 unspecified atom stereocenters. The Kier molecular flexibility index (Phi) is 5.04. The van der Waals surface area contributed by atoms with Gasteiger partial charge in [0.15, 0.2) is 0 Å². The van der Waals surface area contributed by atoms with Gasteiger partial charge >= 0.3 is 0 Å². The number of carbonyl (C=O) groups excluding carboxylic acids is 1. The van der Waals surface area contributed by atoms with Gasteiger partial charge in [0.1, 0.15) is 5.69 Å². The molecule has 2 fully saturated rings. The topological polar surface area (TPSA) is 57.3 Å². The van der Waals surface area contributed by atoms with Crippen LogP contribution in [-0.4, -0.2) is 30.0 Å². The maximum Gasteiger partial charge on any atom is 0.270 e. The maximum absolute atomic E-state index is 12.2. The first-order valence-electron chi connectivity index (χ1n) is 9.67. The zero-order chi connectivity index (χ0) is 17.8. The van der Waals surface area contributed by atoms with E-state index in [0.29, 0.717) is 11.7 Å². The minimum atomic E-state index is -0.0709. The summed E-state index contributed by atoms with van der Waals surface area (Å²) in [5, 5.41) is 6.42. The van der Waals surface area contributed by atoms with Gasteiger partial charge in [0.25, 0.3) is 5.91 Å². The second-order valence-corrected chi connectivity index (χ2v) is 7.25. The number of aromatic nitrogens is 1. The number of carbonyl (C=O) groups is 1. The summed E-state index contributed by atoms with van der Waals surface area (Å²) in [4.78, 5) is 19.0. The van der Waals surface area contributed by atoms with Crippen LogP contribution < -0.4 is 15.5 Å². The van der Waals surface area contributed by atoms with Gasteiger partial charge in [-0.05, 0) is 62.1 Å². The lowest BCUT2D eigenvalue weighted by atomic mass is 10.2. The molecule has 26 heavy (non-hydrogen) atoms. The van der Waals surface area contributed by atoms with E-state index in [1.54, 1.807) is 12.3 Å². The van der Waals surface area contributed by atoms with E-state index in [-0.39, 0.29) is 5.91 Å². The molecular weight excluding hydrogens is 324 g/mol. The standard InChI is InChI=1S/C21H26N4O/c26-21(24-16-5-1-2-6-16)20-12-9-18(15-22-20)23-17-7-10-19(11-8-17)25-13-3-4-14-25/h7-12,15-16,23H,1-6,13-14H2,(H,24,26). The molecule has 2 aliphatic rings. The number of amides is 1. The smallest absolute Gasteiger partial charge is 0.270 e. The SMILES string of the molecule is O=C(NC1CCCC1)c1ccc(Nc2ccc(N3CCCC3)cc2)cn1. The largest absolute Gasteiger partial charge is 0.372 e. The molecular formula is C21H26N4O. The molecule has 1 aromatic carbocycles. The molecule has 4 rings (SSSR count). The predicted molar refractivity (Wildman–Crippen MR) is 105 cm³/mol. The van der Waals surface area contributed by atoms with Crippen LogP contribution in [0.2, 0.25) is 0 Å². The monoisotopic (exact) mass is 350 g/mol. The lowest BCUT2D eigenvalue weighted by Crippen LogP contribution is -2.33. The zero-order valence-electron chi connectivity index (χ0n) is 15.1. The van der Waals surface area contributed by atoms with Gasteiger partial charge < -0.3 is 15.5 Å². The summed E-state index contributed by atoms with van der Waals surface area (Å²) in [6, 6.07) is 12.5. The molecule has 2 aromatic rings. The van der Waals surface area contributed by atoms with Crippen LogP contribution in [0.3, 0.4) is 0 Å². The summed E-state index contributed by atoms with van der Waals surface area (Å²) in [7, 11) is 0. The van der Waals surface area contributed by atoms with Gasteiger partial charge in [0.05, 0.1) is 11.9 Å². The molecule has 1 saturated carbocycles. The van der Waals surface area contributed by atoms with E-state index >= 15 is 0 Å². The van der Waals surface area contributed by atoms with E-state index in [4.69, 9.17) is 0 Å². The highest BCUT2D eigenvalue weighted by atomic mass is 16.1. The highest BCUT2D eigenvalue weighted by Crippen LogP contribution is 2.24. The quantitative estimate of drug-likeness (QED) is 0.852. The van der Waals surface area contributed by atoms with Gasteiger partial charge in [-0.25, -0.2) is 4.98 Å². The van der Waals surface area contributed by atoms with Gasteiger partial charge in [0.2, 0.25) is 0 Å². The molecule has 1 aliphatic carbocycles. The Morgan fingerprint density at radius 3 is 2.27 bits per heavy atom. The second-order valence-electron chi connectivity index (χ2n) is 7.25. The Labute approximate surface area is 154 Å². The first-order chi connectivity index (χ1) is 12.8. The van der Waals surface area contributed by atoms with Crippen LogP contribution in [0.1, 0.15) is 49.0 Å². The van der Waals surface area contributed by atoms with Gasteiger partial charge in [-0.1, -0.05) is 12.8 Å². The molecule has 2 heterocycles. The molecule has 2 N–H and O–H groups in total. The van der Waals surface area contributed by atoms with E-state index in [2.05, 4.69) is 44.8 Å². The van der Waals surface area contributed by atoms with Gasteiger partial charge in [-0.2, -0.15) is 0 Å². The lowest BCUT2D eigenvalue weighted by molar-refractivity contribution is 0.0933. The number of nitrogens with one attached hydrogen (secondary N) is 2. The normalized spacial score (nSPS) is 17.5. The molecule has 1 aliphatic heterocycles. The Bertz CT molecular complexity index is 730. The van der Waals surface area contributed by atoms with Crippen molar-refractivity contribution in [2.24, 2.45) is 0 Å². The summed E-state index contributed by atoms with van der Waals surface area (Å²) in [6.07, 6.45) is 8.86. The molecule has 0 radical (unpaired) electrons. The fourth-order valence-corrected chi connectivity index (χ4v) is 3.83. The molecule has 136 valence electrons. The second kappa shape index (κ2) is 7.77. The van der Waals surface area contributed by atoms with Crippen molar-refractivity contribution in [3.63, 3.8) is 0 Å². The number of pyridine rings is 1. The van der Waals surface area contributed by atoms with Crippen LogP contribution in [0.25, 0.3) is 0 Å². The first kappa shape index (κ1) is 16.9. The van der Waals surface area contributed by atoms with E-state index in [9.17, 15) is 4.79 Å². The van der Waals surface area contributed by atoms with Crippen molar-refractivity contribution in [3.8, 4) is 0 Å². The van der Waals surface area contributed by atoms with Crippen LogP contribution in [0, 0.1) is 0 Å². The van der Waals surface area contributed by atoms with E-state index in [1.807, 2.05) is 6.07 Å². The molecule has 1 saturated heterocycles. The summed E-state index contributed by atoms with van der Waals surface area (Å²) in [6.45, 7) is 2.31. The van der Waals surface area contributed by atoms with Crippen molar-refractivity contribution in [2.45, 2.75) is 44.6 Å². The number of hydrogen-bond donors (Lipinski definition) is 2. The third-order valence-corrected chi connectivity index (χ3v) is 5.31. The Hall–Kier alpha value is -2.56. The maximum atomic E-state index is 12.2. The number of hydrogen-bond acceptors (Lipinski definition) is 4. The number of benzene rings is 1. The van der Waals surface area contributed by atoms with Gasteiger partial charge in [-0.3, -0.25) is 4.79 Å². The average molecular weight is 350 g/mol. The Morgan fingerprint density at radius 2 is 1.62 bits per heavy atom. The van der Waals surface area contributed by atoms with Gasteiger partial charge in [0, 0.05) is 30.5 Å². The van der Waals surface area contributed by atoms with E-state index < -0.39 is 0 Å². The average Bonchev–Trinajstić information content (AvgIpc) is 3.37. The van der Waals surface area contributed by atoms with Crippen molar-refractivity contribution in [2.75, 3.05) is 23.3 Å². The van der Waals surface area contributed by atoms with Crippen molar-refractivity contribution < 1.29 is 4.79 Å². The molecule has 0 atom stereocenters. The third-order valence-electron chi connectivity index (χ3n) is 5.31. The molecule has 1 aromatic heterocycles. The molecule has 5 heteroatoms. The number of anilines is 3. The van der Waals surface area contributed by atoms with Crippen LogP contribution in [0.15, 0.2) is 42.6 Å². The summed E-state index contributed by atoms with van der Waals surface area (Å²) >= 11 is 0. The van der Waals surface area contributed by atoms with Crippen LogP contribution in [0.4, 0.5) is 17.1 Å². The molecule has 1 amide bonds. The molecule has 0 spiro atoms. The third kappa shape index (κ3) is 3.98. The van der Waals surface area contributed by atoms with Crippen LogP contribution >= 0.6 is 0 Å². The molecule has 0 bridgehead atoms. The fraction of sp³-hybridized carbons (Fsp3) is 0.429. The first-order valence-corrected chi connectivity index (χ1v) is 9.67. The van der Waals surface area contributed by atoms with Crippen LogP contribution in [-0.2, 0) is 0 Å². The van der Waals surface area contributed by atoms with Gasteiger partial charge in [-0.15, -0.1) is 0 Å². The van der Waals surface area contributed by atoms with E-state index in [1.165, 1.54) is 31.4 Å². The summed E-state index contributed by atoms with van der Waals surface area (Å²) < 4.78 is 0. The minimum absolute atomic E-state index is 0.0709. The van der Waals surface area contributed by atoms with Crippen molar-refractivity contribution in [3.05, 3.63) is 48.3 Å². The van der Waals surface area contributed by atoms with E-state index in [0.717, 1.165) is 37.3 Å². The summed E-state index contributed by atoms with van der Waals surface area (Å²) in [5.41, 5.74) is 3.67. The number of nitrogens with zero attached hydrogens (tertiary/aromatic N) is 2. The van der Waals surface area contributed by atoms with Crippen molar-refractivity contribution >= 4 is 23.0 Å². The summed E-state index contributed by atoms with van der Waals surface area (Å²) in [5.74, 6) is -0.0709. The molecule has 5 nitrogen and oxygen atoms in total. The lowest BCUT2D eigenvalue weighted by Gasteiger charge is -2.18. The highest BCUT2D eigenvalue weighted by Gasteiger charge is 2.18. The van der Waals surface area contributed by atoms with Crippen molar-refractivity contribution in [1.82, 2.24) is 10.3 Å². The highest BCUT2D eigenvalue weighted by molar-refractivity contribution is 5.92. The Balaban J connectivity index is 1.35. The minimum Gasteiger partial charge on any atom is -0.372 e. The zero-order valence-corrected chi connectivity index (χ0v) is 15.1. The van der Waals surface area contributed by atoms with Crippen molar-refractivity contribution in [1.29, 1.82) is 0 Å². The fourth-order valence-electron chi connectivity index (χ4n) is 3.83. The number of rotatable bonds is 5.